The molecule has 4 nitrogen and oxygen atoms in total. The highest BCUT2D eigenvalue weighted by atomic mass is 19.4. The molecule has 0 spiro atoms. The number of likely N-dealkylation sites (tertiary alicyclic amines) is 1. The minimum absolute atomic E-state index is 0.00778. The van der Waals surface area contributed by atoms with Crippen LogP contribution in [0.2, 0.25) is 0 Å². The molecule has 1 saturated heterocycles. The van der Waals surface area contributed by atoms with E-state index >= 15 is 0 Å². The molecule has 1 heterocycles. The third kappa shape index (κ3) is 4.22. The third-order valence-corrected chi connectivity index (χ3v) is 5.28. The summed E-state index contributed by atoms with van der Waals surface area (Å²) in [4.78, 5) is 13.3. The zero-order valence-corrected chi connectivity index (χ0v) is 15.5. The highest BCUT2D eigenvalue weighted by molar-refractivity contribution is 5.78. The van der Waals surface area contributed by atoms with Gasteiger partial charge in [0, 0.05) is 30.8 Å². The van der Waals surface area contributed by atoms with Gasteiger partial charge in [-0.3, -0.25) is 9.80 Å². The lowest BCUT2D eigenvalue weighted by atomic mass is 9.90. The van der Waals surface area contributed by atoms with Gasteiger partial charge in [0.05, 0.1) is 11.3 Å². The molecule has 0 radical (unpaired) electrons. The number of hydrogen-bond acceptors (Lipinski definition) is 3. The molecule has 0 bridgehead atoms. The molecule has 0 atom stereocenters. The van der Waals surface area contributed by atoms with E-state index in [9.17, 15) is 22.4 Å². The van der Waals surface area contributed by atoms with E-state index in [0.29, 0.717) is 43.5 Å². The summed E-state index contributed by atoms with van der Waals surface area (Å²) in [6, 6.07) is 4.29. The first-order chi connectivity index (χ1) is 13.2. The molecule has 1 aliphatic carbocycles. The van der Waals surface area contributed by atoms with E-state index in [1.807, 2.05) is 0 Å². The van der Waals surface area contributed by atoms with Gasteiger partial charge >= 0.3 is 6.18 Å². The van der Waals surface area contributed by atoms with Crippen molar-refractivity contribution in [2.75, 3.05) is 11.6 Å². The van der Waals surface area contributed by atoms with E-state index < -0.39 is 17.6 Å². The first-order valence-electron chi connectivity index (χ1n) is 9.28. The van der Waals surface area contributed by atoms with Crippen molar-refractivity contribution in [3.05, 3.63) is 53.0 Å². The fraction of sp³-hybridized carbons (Fsp3) is 0.450. The molecule has 1 aliphatic heterocycles. The fourth-order valence-corrected chi connectivity index (χ4v) is 3.70. The van der Waals surface area contributed by atoms with Gasteiger partial charge in [0.15, 0.2) is 0 Å². The highest BCUT2D eigenvalue weighted by Crippen LogP contribution is 2.39. The van der Waals surface area contributed by atoms with Gasteiger partial charge in [0.25, 0.3) is 0 Å². The zero-order valence-electron chi connectivity index (χ0n) is 15.5. The van der Waals surface area contributed by atoms with Crippen LogP contribution in [0.4, 0.5) is 23.2 Å². The van der Waals surface area contributed by atoms with Crippen molar-refractivity contribution in [1.29, 1.82) is 0 Å². The Bertz CT molecular complexity index is 816. The number of carbonyl (C=O) groups is 1. The van der Waals surface area contributed by atoms with Crippen LogP contribution in [0.1, 0.15) is 44.1 Å². The molecule has 1 aromatic carbocycles. The molecule has 1 fully saturated rings. The summed E-state index contributed by atoms with van der Waals surface area (Å²) in [5.41, 5.74) is 0.106. The van der Waals surface area contributed by atoms with Gasteiger partial charge in [0.2, 0.25) is 5.91 Å². The number of nitrogens with zero attached hydrogens (tertiary/aromatic N) is 2. The van der Waals surface area contributed by atoms with Gasteiger partial charge in [0.1, 0.15) is 5.82 Å². The van der Waals surface area contributed by atoms with Crippen LogP contribution in [-0.2, 0) is 11.3 Å². The molecule has 3 rings (SSSR count). The quantitative estimate of drug-likeness (QED) is 0.450. The molecular weight excluding hydrogens is 374 g/mol. The van der Waals surface area contributed by atoms with Gasteiger partial charge in [-0.15, -0.1) is 0 Å². The Kier molecular flexibility index (Phi) is 5.79. The predicted octanol–water partition coefficient (Wildman–Crippen LogP) is 4.57. The summed E-state index contributed by atoms with van der Waals surface area (Å²) < 4.78 is 54.0. The largest absolute Gasteiger partial charge is 0.416 e. The van der Waals surface area contributed by atoms with E-state index in [-0.39, 0.29) is 30.1 Å². The minimum atomic E-state index is -4.53. The smallest absolute Gasteiger partial charge is 0.338 e. The van der Waals surface area contributed by atoms with E-state index in [1.165, 1.54) is 12.1 Å². The summed E-state index contributed by atoms with van der Waals surface area (Å²) in [5.74, 6) is 5.53. The van der Waals surface area contributed by atoms with E-state index in [1.54, 1.807) is 11.0 Å². The number of hydrogen-bond donors (Lipinski definition) is 1. The highest BCUT2D eigenvalue weighted by Gasteiger charge is 2.36. The maximum absolute atomic E-state index is 14.6. The van der Waals surface area contributed by atoms with Crippen LogP contribution in [0.15, 0.2) is 41.6 Å². The van der Waals surface area contributed by atoms with E-state index in [4.69, 9.17) is 5.84 Å². The molecule has 1 amide bonds. The maximum atomic E-state index is 14.6. The Hall–Kier alpha value is -2.35. The molecule has 0 saturated carbocycles. The monoisotopic (exact) mass is 397 g/mol. The Morgan fingerprint density at radius 1 is 1.18 bits per heavy atom. The number of anilines is 1. The average molecular weight is 397 g/mol. The van der Waals surface area contributed by atoms with Gasteiger partial charge in [-0.2, -0.15) is 13.2 Å². The van der Waals surface area contributed by atoms with Crippen LogP contribution in [-0.4, -0.2) is 23.5 Å². The van der Waals surface area contributed by atoms with Crippen LogP contribution in [0.25, 0.3) is 0 Å². The Balaban J connectivity index is 1.85. The summed E-state index contributed by atoms with van der Waals surface area (Å²) in [5, 5.41) is 1.12. The summed E-state index contributed by atoms with van der Waals surface area (Å²) >= 11 is 0. The molecule has 0 unspecified atom stereocenters. The molecule has 2 N–H and O–H groups in total. The predicted molar refractivity (Wildman–Crippen MR) is 98.4 cm³/mol. The van der Waals surface area contributed by atoms with Crippen molar-refractivity contribution in [3.8, 4) is 0 Å². The van der Waals surface area contributed by atoms with Crippen LogP contribution >= 0.6 is 0 Å². The molecule has 28 heavy (non-hydrogen) atoms. The first-order valence-corrected chi connectivity index (χ1v) is 9.28. The summed E-state index contributed by atoms with van der Waals surface area (Å²) in [6.07, 6.45) is -1.37. The van der Waals surface area contributed by atoms with Crippen molar-refractivity contribution in [1.82, 2.24) is 4.90 Å². The fourth-order valence-electron chi connectivity index (χ4n) is 3.70. The van der Waals surface area contributed by atoms with Crippen molar-refractivity contribution in [2.24, 2.45) is 5.84 Å². The number of rotatable bonds is 5. The van der Waals surface area contributed by atoms with Crippen LogP contribution < -0.4 is 10.9 Å². The second kappa shape index (κ2) is 7.95. The Morgan fingerprint density at radius 2 is 1.89 bits per heavy atom. The number of hydrazine groups is 1. The van der Waals surface area contributed by atoms with Crippen molar-refractivity contribution in [3.63, 3.8) is 0 Å². The van der Waals surface area contributed by atoms with Crippen molar-refractivity contribution < 1.29 is 22.4 Å². The standard InChI is InChI=1S/C20H23F4N3O/c1-13(20(22,23)24)16-5-2-3-6-18(16)27(25)15-9-8-14(17(21)11-15)12-26-10-4-7-19(26)28/h8-9,11H,1-7,10,12,25H2. The SMILES string of the molecule is C=C(C1=C(N(N)c2ccc(CN3CCCC3=O)c(F)c2)CCCC1)C(F)(F)F. The molecule has 1 aromatic rings. The molecule has 2 aliphatic rings. The molecule has 0 aromatic heterocycles. The van der Waals surface area contributed by atoms with Crippen molar-refractivity contribution >= 4 is 11.6 Å². The Morgan fingerprint density at radius 3 is 2.50 bits per heavy atom. The van der Waals surface area contributed by atoms with Gasteiger partial charge in [-0.1, -0.05) is 12.6 Å². The van der Waals surface area contributed by atoms with Gasteiger partial charge in [-0.05, 0) is 49.8 Å². The number of alkyl halides is 3. The topological polar surface area (TPSA) is 49.6 Å². The lowest BCUT2D eigenvalue weighted by Gasteiger charge is -2.30. The van der Waals surface area contributed by atoms with E-state index in [2.05, 4.69) is 6.58 Å². The number of amides is 1. The lowest BCUT2D eigenvalue weighted by Crippen LogP contribution is -2.33. The number of carbonyl (C=O) groups excluding carboxylic acids is 1. The number of halogens is 4. The number of allylic oxidation sites excluding steroid dienone is 3. The van der Waals surface area contributed by atoms with Crippen molar-refractivity contribution in [2.45, 2.75) is 51.2 Å². The van der Waals surface area contributed by atoms with E-state index in [0.717, 1.165) is 11.4 Å². The van der Waals surface area contributed by atoms with Crippen LogP contribution in [0, 0.1) is 5.82 Å². The Labute approximate surface area is 161 Å². The molecular formula is C20H23F4N3O. The van der Waals surface area contributed by atoms with Gasteiger partial charge in [-0.25, -0.2) is 10.2 Å². The second-order valence-electron chi connectivity index (χ2n) is 7.17. The normalized spacial score (nSPS) is 18.0. The maximum Gasteiger partial charge on any atom is 0.416 e. The third-order valence-electron chi connectivity index (χ3n) is 5.28. The number of nitrogens with two attached hydrogens (primary N) is 1. The minimum Gasteiger partial charge on any atom is -0.338 e. The summed E-state index contributed by atoms with van der Waals surface area (Å²) in [7, 11) is 0. The summed E-state index contributed by atoms with van der Waals surface area (Å²) in [6.45, 7) is 3.97. The van der Waals surface area contributed by atoms with Crippen LogP contribution in [0.3, 0.4) is 0 Å². The zero-order chi connectivity index (χ0) is 20.5. The average Bonchev–Trinajstić information content (AvgIpc) is 3.06. The number of benzene rings is 1. The molecule has 152 valence electrons. The van der Waals surface area contributed by atoms with Gasteiger partial charge < -0.3 is 4.90 Å². The first kappa shape index (κ1) is 20.4. The lowest BCUT2D eigenvalue weighted by molar-refractivity contribution is -0.128. The second-order valence-corrected chi connectivity index (χ2v) is 7.17. The molecule has 8 heteroatoms. The van der Waals surface area contributed by atoms with Crippen LogP contribution in [0.5, 0.6) is 0 Å².